The minimum Gasteiger partial charge on any atom is -0.496 e. The van der Waals surface area contributed by atoms with Gasteiger partial charge in [0.25, 0.3) is 5.56 Å². The third-order valence-corrected chi connectivity index (χ3v) is 5.76. The third-order valence-electron chi connectivity index (χ3n) is 5.76. The number of fused-ring (bicyclic) bond motifs is 1. The van der Waals surface area contributed by atoms with Crippen LogP contribution in [0.5, 0.6) is 5.75 Å². The highest BCUT2D eigenvalue weighted by Gasteiger charge is 2.36. The molecular weight excluding hydrogens is 380 g/mol. The number of pyridine rings is 1. The molecule has 2 unspecified atom stereocenters. The molecule has 0 radical (unpaired) electrons. The zero-order chi connectivity index (χ0) is 22.2. The predicted octanol–water partition coefficient (Wildman–Crippen LogP) is 3.32. The van der Waals surface area contributed by atoms with Gasteiger partial charge < -0.3 is 20.4 Å². The average Bonchev–Trinajstić information content (AvgIpc) is 2.73. The molecule has 156 valence electrons. The molecular formula is C23H26N4O3. The predicted molar refractivity (Wildman–Crippen MR) is 116 cm³/mol. The number of allylic oxidation sites excluding steroid dienone is 1. The van der Waals surface area contributed by atoms with E-state index in [0.29, 0.717) is 39.4 Å². The molecule has 1 aliphatic rings. The first kappa shape index (κ1) is 21.2. The van der Waals surface area contributed by atoms with Gasteiger partial charge in [-0.25, -0.2) is 0 Å². The van der Waals surface area contributed by atoms with Crippen molar-refractivity contribution in [2.24, 2.45) is 5.73 Å². The lowest BCUT2D eigenvalue weighted by Crippen LogP contribution is -2.36. The Morgan fingerprint density at radius 3 is 2.67 bits per heavy atom. The number of aryl methyl sites for hydroxylation is 1. The Balaban J connectivity index is 2.42. The van der Waals surface area contributed by atoms with Crippen molar-refractivity contribution in [3.05, 3.63) is 68.3 Å². The number of carbonyl (C=O) groups excluding carboxylic acids is 1. The lowest BCUT2D eigenvalue weighted by atomic mass is 9.79. The summed E-state index contributed by atoms with van der Waals surface area (Å²) in [5.41, 5.74) is 9.55. The maximum absolute atomic E-state index is 13.6. The molecule has 1 amide bonds. The first-order valence-corrected chi connectivity index (χ1v) is 9.86. The number of nitrogens with one attached hydrogen (secondary N) is 1. The highest BCUT2D eigenvalue weighted by Crippen LogP contribution is 2.44. The highest BCUT2D eigenvalue weighted by atomic mass is 16.5. The second-order valence-electron chi connectivity index (χ2n) is 7.60. The molecule has 1 aromatic carbocycles. The first-order valence-electron chi connectivity index (χ1n) is 9.86. The topological polar surface area (TPSA) is 110 Å². The van der Waals surface area contributed by atoms with Crippen molar-refractivity contribution in [2.75, 3.05) is 12.4 Å². The van der Waals surface area contributed by atoms with Crippen LogP contribution < -0.4 is 21.3 Å². The summed E-state index contributed by atoms with van der Waals surface area (Å²) in [6, 6.07) is 7.06. The highest BCUT2D eigenvalue weighted by molar-refractivity contribution is 5.97. The Morgan fingerprint density at radius 1 is 1.40 bits per heavy atom. The molecule has 0 saturated carbocycles. The summed E-state index contributed by atoms with van der Waals surface area (Å²) in [4.78, 5) is 26.1. The van der Waals surface area contributed by atoms with Crippen LogP contribution in [0.1, 0.15) is 61.4 Å². The van der Waals surface area contributed by atoms with Crippen LogP contribution in [-0.2, 0) is 4.79 Å². The van der Waals surface area contributed by atoms with Gasteiger partial charge in [-0.1, -0.05) is 13.0 Å². The maximum atomic E-state index is 13.6. The standard InChI is InChI=1S/C23H26N4O3/c1-6-13(3)27-11-12(2)21-20(23(27)29)19(18(22(25)28)14(4)26-21)16-8-7-15(10-24)9-17(16)30-5/h7-9,11,13,19,26H,6H2,1-5H3,(H2,25,28). The molecule has 30 heavy (non-hydrogen) atoms. The molecule has 0 bridgehead atoms. The smallest absolute Gasteiger partial charge is 0.257 e. The van der Waals surface area contributed by atoms with Gasteiger partial charge in [0, 0.05) is 29.1 Å². The summed E-state index contributed by atoms with van der Waals surface area (Å²) in [5.74, 6) is -0.892. The van der Waals surface area contributed by atoms with Crippen molar-refractivity contribution < 1.29 is 9.53 Å². The second-order valence-corrected chi connectivity index (χ2v) is 7.60. The quantitative estimate of drug-likeness (QED) is 0.791. The Kier molecular flexibility index (Phi) is 5.70. The van der Waals surface area contributed by atoms with E-state index in [2.05, 4.69) is 11.4 Å². The van der Waals surface area contributed by atoms with E-state index in [4.69, 9.17) is 10.5 Å². The van der Waals surface area contributed by atoms with E-state index in [0.717, 1.165) is 12.0 Å². The number of methoxy groups -OCH3 is 1. The maximum Gasteiger partial charge on any atom is 0.257 e. The second kappa shape index (κ2) is 8.07. The van der Waals surface area contributed by atoms with Gasteiger partial charge >= 0.3 is 0 Å². The van der Waals surface area contributed by atoms with E-state index in [1.807, 2.05) is 27.0 Å². The van der Waals surface area contributed by atoms with Crippen molar-refractivity contribution in [1.29, 1.82) is 5.26 Å². The monoisotopic (exact) mass is 406 g/mol. The van der Waals surface area contributed by atoms with Gasteiger partial charge in [-0.3, -0.25) is 9.59 Å². The van der Waals surface area contributed by atoms with E-state index >= 15 is 0 Å². The van der Waals surface area contributed by atoms with Crippen LogP contribution in [0, 0.1) is 18.3 Å². The minimum absolute atomic E-state index is 0.00552. The van der Waals surface area contributed by atoms with Gasteiger partial charge in [-0.15, -0.1) is 0 Å². The molecule has 2 atom stereocenters. The number of benzene rings is 1. The fraction of sp³-hybridized carbons (Fsp3) is 0.348. The number of anilines is 1. The Bertz CT molecular complexity index is 1150. The number of primary amides is 1. The molecule has 7 nitrogen and oxygen atoms in total. The van der Waals surface area contributed by atoms with Crippen LogP contribution in [0.25, 0.3) is 0 Å². The largest absolute Gasteiger partial charge is 0.496 e. The number of nitrogens with zero attached hydrogens (tertiary/aromatic N) is 2. The molecule has 3 rings (SSSR count). The first-order chi connectivity index (χ1) is 14.2. The zero-order valence-corrected chi connectivity index (χ0v) is 17.9. The lowest BCUT2D eigenvalue weighted by Gasteiger charge is -2.32. The fourth-order valence-corrected chi connectivity index (χ4v) is 4.02. The molecule has 0 fully saturated rings. The van der Waals surface area contributed by atoms with Gasteiger partial charge in [0.1, 0.15) is 5.75 Å². The summed E-state index contributed by atoms with van der Waals surface area (Å²) < 4.78 is 7.24. The van der Waals surface area contributed by atoms with Crippen molar-refractivity contribution in [3.8, 4) is 11.8 Å². The van der Waals surface area contributed by atoms with Gasteiger partial charge in [0.2, 0.25) is 5.91 Å². The summed E-state index contributed by atoms with van der Waals surface area (Å²) in [7, 11) is 1.50. The summed E-state index contributed by atoms with van der Waals surface area (Å²) >= 11 is 0. The van der Waals surface area contributed by atoms with Crippen LogP contribution in [0.3, 0.4) is 0 Å². The number of rotatable bonds is 5. The van der Waals surface area contributed by atoms with Crippen molar-refractivity contribution in [2.45, 2.75) is 46.1 Å². The van der Waals surface area contributed by atoms with E-state index < -0.39 is 11.8 Å². The van der Waals surface area contributed by atoms with E-state index in [9.17, 15) is 14.9 Å². The Labute approximate surface area is 175 Å². The zero-order valence-electron chi connectivity index (χ0n) is 17.9. The number of nitrogens with two attached hydrogens (primary N) is 1. The van der Waals surface area contributed by atoms with Crippen LogP contribution >= 0.6 is 0 Å². The van der Waals surface area contributed by atoms with Crippen molar-refractivity contribution in [1.82, 2.24) is 4.57 Å². The van der Waals surface area contributed by atoms with E-state index in [1.54, 1.807) is 29.7 Å². The Morgan fingerprint density at radius 2 is 2.10 bits per heavy atom. The molecule has 1 aromatic heterocycles. The summed E-state index contributed by atoms with van der Waals surface area (Å²) in [6.45, 7) is 7.70. The number of amides is 1. The minimum atomic E-state index is -0.704. The van der Waals surface area contributed by atoms with Gasteiger partial charge in [-0.05, 0) is 44.9 Å². The summed E-state index contributed by atoms with van der Waals surface area (Å²) in [5, 5.41) is 12.5. The van der Waals surface area contributed by atoms with Gasteiger partial charge in [-0.2, -0.15) is 5.26 Å². The number of ether oxygens (including phenoxy) is 1. The number of carbonyl (C=O) groups is 1. The van der Waals surface area contributed by atoms with E-state index in [-0.39, 0.29) is 11.6 Å². The number of hydrogen-bond donors (Lipinski definition) is 2. The van der Waals surface area contributed by atoms with Crippen LogP contribution in [0.2, 0.25) is 0 Å². The van der Waals surface area contributed by atoms with Gasteiger partial charge in [0.15, 0.2) is 0 Å². The van der Waals surface area contributed by atoms with Crippen molar-refractivity contribution >= 4 is 11.6 Å². The molecule has 0 saturated heterocycles. The van der Waals surface area contributed by atoms with Crippen LogP contribution in [-0.4, -0.2) is 17.6 Å². The molecule has 3 N–H and O–H groups in total. The molecule has 1 aliphatic heterocycles. The lowest BCUT2D eigenvalue weighted by molar-refractivity contribution is -0.114. The number of aromatic nitrogens is 1. The van der Waals surface area contributed by atoms with Gasteiger partial charge in [0.05, 0.1) is 35.9 Å². The number of hydrogen-bond acceptors (Lipinski definition) is 5. The van der Waals surface area contributed by atoms with Crippen molar-refractivity contribution in [3.63, 3.8) is 0 Å². The number of nitriles is 1. The van der Waals surface area contributed by atoms with E-state index in [1.165, 1.54) is 7.11 Å². The summed E-state index contributed by atoms with van der Waals surface area (Å²) in [6.07, 6.45) is 2.63. The molecule has 0 aliphatic carbocycles. The molecule has 2 heterocycles. The van der Waals surface area contributed by atoms with Crippen LogP contribution in [0.4, 0.5) is 5.69 Å². The van der Waals surface area contributed by atoms with Crippen LogP contribution in [0.15, 0.2) is 40.5 Å². The third kappa shape index (κ3) is 3.35. The fourth-order valence-electron chi connectivity index (χ4n) is 4.02. The SMILES string of the molecule is CCC(C)n1cc(C)c2c(c1=O)C(c1ccc(C#N)cc1OC)C(C(N)=O)=C(C)N2. The molecule has 7 heteroatoms. The molecule has 2 aromatic rings. The Hall–Kier alpha value is -3.53. The normalized spacial score (nSPS) is 16.3. The average molecular weight is 406 g/mol. The molecule has 0 spiro atoms.